The van der Waals surface area contributed by atoms with Crippen LogP contribution in [-0.4, -0.2) is 39.1 Å². The number of rotatable bonds is 3. The maximum atomic E-state index is 13.1. The summed E-state index contributed by atoms with van der Waals surface area (Å²) in [7, 11) is 0. The van der Waals surface area contributed by atoms with E-state index in [0.717, 1.165) is 28.7 Å². The highest BCUT2D eigenvalue weighted by Gasteiger charge is 2.35. The van der Waals surface area contributed by atoms with Crippen LogP contribution in [0.1, 0.15) is 61.8 Å². The van der Waals surface area contributed by atoms with Crippen molar-refractivity contribution < 1.29 is 4.79 Å². The van der Waals surface area contributed by atoms with Gasteiger partial charge in [0.1, 0.15) is 16.2 Å². The van der Waals surface area contributed by atoms with E-state index >= 15 is 0 Å². The first-order valence-electron chi connectivity index (χ1n) is 10.5. The van der Waals surface area contributed by atoms with Gasteiger partial charge < -0.3 is 4.90 Å². The van der Waals surface area contributed by atoms with Crippen LogP contribution in [0.3, 0.4) is 0 Å². The Morgan fingerprint density at radius 1 is 1.11 bits per heavy atom. The van der Waals surface area contributed by atoms with Crippen molar-refractivity contribution in [1.82, 2.24) is 14.9 Å². The Labute approximate surface area is 169 Å². The Kier molecular flexibility index (Phi) is 5.11. The van der Waals surface area contributed by atoms with Crippen LogP contribution in [0.4, 0.5) is 0 Å². The second-order valence-electron chi connectivity index (χ2n) is 8.20. The lowest BCUT2D eigenvalue weighted by Crippen LogP contribution is -2.50. The van der Waals surface area contributed by atoms with E-state index in [1.54, 1.807) is 18.1 Å². The summed E-state index contributed by atoms with van der Waals surface area (Å²) < 4.78 is 0. The number of thiophene rings is 1. The minimum absolute atomic E-state index is 0.312. The zero-order valence-electron chi connectivity index (χ0n) is 15.8. The number of hydrogen-bond donors (Lipinski definition) is 0. The smallest absolute Gasteiger partial charge is 0.233 e. The van der Waals surface area contributed by atoms with E-state index in [9.17, 15) is 4.79 Å². The first-order valence-corrected chi connectivity index (χ1v) is 12.3. The van der Waals surface area contributed by atoms with Gasteiger partial charge in [0.15, 0.2) is 0 Å². The zero-order chi connectivity index (χ0) is 18.2. The van der Waals surface area contributed by atoms with Crippen LogP contribution in [0.5, 0.6) is 0 Å². The van der Waals surface area contributed by atoms with Crippen molar-refractivity contribution in [2.45, 2.75) is 75.3 Å². The molecule has 5 rings (SSSR count). The number of thioether (sulfide) groups is 1. The van der Waals surface area contributed by atoms with Crippen LogP contribution in [0, 0.1) is 5.92 Å². The van der Waals surface area contributed by atoms with E-state index in [2.05, 4.69) is 14.9 Å². The van der Waals surface area contributed by atoms with Gasteiger partial charge in [-0.3, -0.25) is 4.79 Å². The average Bonchev–Trinajstić information content (AvgIpc) is 3.11. The van der Waals surface area contributed by atoms with E-state index in [1.807, 2.05) is 11.3 Å². The largest absolute Gasteiger partial charge is 0.339 e. The molecule has 0 unspecified atom stereocenters. The molecule has 1 saturated carbocycles. The predicted octanol–water partition coefficient (Wildman–Crippen LogP) is 4.84. The number of fused-ring (bicyclic) bond motifs is 4. The maximum Gasteiger partial charge on any atom is 0.233 e. The molecule has 3 aliphatic rings. The topological polar surface area (TPSA) is 46.1 Å². The Balaban J connectivity index is 1.34. The molecule has 2 aromatic rings. The molecule has 2 aliphatic carbocycles. The Morgan fingerprint density at radius 3 is 2.93 bits per heavy atom. The van der Waals surface area contributed by atoms with Gasteiger partial charge in [-0.2, -0.15) is 0 Å². The van der Waals surface area contributed by atoms with E-state index in [1.165, 1.54) is 73.6 Å². The summed E-state index contributed by atoms with van der Waals surface area (Å²) in [5.74, 6) is 1.57. The van der Waals surface area contributed by atoms with Crippen molar-refractivity contribution >= 4 is 39.2 Å². The van der Waals surface area contributed by atoms with Crippen LogP contribution < -0.4 is 0 Å². The minimum Gasteiger partial charge on any atom is -0.339 e. The highest BCUT2D eigenvalue weighted by molar-refractivity contribution is 8.00. The Bertz CT molecular complexity index is 847. The molecular weight excluding hydrogens is 374 g/mol. The highest BCUT2D eigenvalue weighted by Crippen LogP contribution is 2.40. The lowest BCUT2D eigenvalue weighted by molar-refractivity contribution is -0.134. The molecule has 0 aromatic carbocycles. The third-order valence-electron chi connectivity index (χ3n) is 6.61. The molecule has 27 heavy (non-hydrogen) atoms. The molecule has 1 amide bonds. The van der Waals surface area contributed by atoms with Crippen LogP contribution >= 0.6 is 23.1 Å². The minimum atomic E-state index is 0.312. The van der Waals surface area contributed by atoms with Crippen molar-refractivity contribution in [2.24, 2.45) is 5.92 Å². The molecule has 0 bridgehead atoms. The number of hydrogen-bond acceptors (Lipinski definition) is 5. The molecular formula is C21H27N3OS2. The third-order valence-corrected chi connectivity index (χ3v) is 8.79. The molecule has 144 valence electrons. The summed E-state index contributed by atoms with van der Waals surface area (Å²) in [5, 5.41) is 2.26. The fourth-order valence-corrected chi connectivity index (χ4v) is 7.52. The molecule has 2 aromatic heterocycles. The molecule has 1 aliphatic heterocycles. The van der Waals surface area contributed by atoms with Crippen molar-refractivity contribution in [3.63, 3.8) is 0 Å². The lowest BCUT2D eigenvalue weighted by atomic mass is 9.78. The fraction of sp³-hybridized carbons (Fsp3) is 0.667. The highest BCUT2D eigenvalue weighted by atomic mass is 32.2. The van der Waals surface area contributed by atoms with Crippen LogP contribution in [0.2, 0.25) is 0 Å². The fourth-order valence-electron chi connectivity index (χ4n) is 5.32. The predicted molar refractivity (Wildman–Crippen MR) is 111 cm³/mol. The molecule has 6 heteroatoms. The van der Waals surface area contributed by atoms with Crippen LogP contribution in [-0.2, 0) is 17.6 Å². The summed E-state index contributed by atoms with van der Waals surface area (Å²) in [6.45, 7) is 0.952. The maximum absolute atomic E-state index is 13.1. The van der Waals surface area contributed by atoms with Gasteiger partial charge in [0, 0.05) is 22.8 Å². The SMILES string of the molecule is O=C(CSc1ncnc2sc3c(c12)CCCC3)N1CCC[C@H]2CCCC[C@H]21. The molecule has 1 saturated heterocycles. The standard InChI is InChI=1S/C21H27N3OS2/c25-18(24-11-5-7-14-6-1-3-9-16(14)24)12-26-20-19-15-8-2-4-10-17(15)27-21(19)23-13-22-20/h13-14,16H,1-12H2/t14-,16-/m1/s1. The Hall–Kier alpha value is -1.14. The number of carbonyl (C=O) groups is 1. The molecule has 3 heterocycles. The number of amides is 1. The monoisotopic (exact) mass is 401 g/mol. The zero-order valence-corrected chi connectivity index (χ0v) is 17.4. The first kappa shape index (κ1) is 17.9. The lowest BCUT2D eigenvalue weighted by Gasteiger charge is -2.44. The average molecular weight is 402 g/mol. The number of nitrogens with zero attached hydrogens (tertiary/aromatic N) is 3. The number of carbonyl (C=O) groups excluding carboxylic acids is 1. The van der Waals surface area contributed by atoms with Gasteiger partial charge in [0.05, 0.1) is 5.75 Å². The molecule has 2 atom stereocenters. The number of aromatic nitrogens is 2. The van der Waals surface area contributed by atoms with E-state index in [-0.39, 0.29) is 0 Å². The third kappa shape index (κ3) is 3.39. The van der Waals surface area contributed by atoms with Gasteiger partial charge >= 0.3 is 0 Å². The molecule has 0 N–H and O–H groups in total. The number of likely N-dealkylation sites (tertiary alicyclic amines) is 1. The molecule has 0 spiro atoms. The summed E-state index contributed by atoms with van der Waals surface area (Å²) >= 11 is 3.46. The summed E-state index contributed by atoms with van der Waals surface area (Å²) in [5.41, 5.74) is 1.46. The van der Waals surface area contributed by atoms with E-state index < -0.39 is 0 Å². The van der Waals surface area contributed by atoms with Gasteiger partial charge in [-0.05, 0) is 62.8 Å². The van der Waals surface area contributed by atoms with E-state index in [4.69, 9.17) is 0 Å². The second-order valence-corrected chi connectivity index (χ2v) is 10.2. The Morgan fingerprint density at radius 2 is 1.96 bits per heavy atom. The summed E-state index contributed by atoms with van der Waals surface area (Å²) in [6, 6.07) is 0.500. The van der Waals surface area contributed by atoms with Gasteiger partial charge in [0.2, 0.25) is 5.91 Å². The first-order chi connectivity index (χ1) is 13.3. The van der Waals surface area contributed by atoms with Crippen LogP contribution in [0.25, 0.3) is 10.2 Å². The van der Waals surface area contributed by atoms with Gasteiger partial charge in [-0.15, -0.1) is 11.3 Å². The summed E-state index contributed by atoms with van der Waals surface area (Å²) in [6.07, 6.45) is 14.2. The number of aryl methyl sites for hydroxylation is 2. The second kappa shape index (κ2) is 7.70. The normalized spacial score (nSPS) is 25.3. The molecule has 0 radical (unpaired) electrons. The quantitative estimate of drug-likeness (QED) is 0.545. The molecule has 2 fully saturated rings. The number of piperidine rings is 1. The van der Waals surface area contributed by atoms with Gasteiger partial charge in [-0.1, -0.05) is 24.6 Å². The molecule has 4 nitrogen and oxygen atoms in total. The van der Waals surface area contributed by atoms with Crippen molar-refractivity contribution in [3.8, 4) is 0 Å². The van der Waals surface area contributed by atoms with Crippen molar-refractivity contribution in [2.75, 3.05) is 12.3 Å². The van der Waals surface area contributed by atoms with E-state index in [0.29, 0.717) is 17.7 Å². The summed E-state index contributed by atoms with van der Waals surface area (Å²) in [4.78, 5) is 27.0. The van der Waals surface area contributed by atoms with Gasteiger partial charge in [-0.25, -0.2) is 9.97 Å². The van der Waals surface area contributed by atoms with Crippen molar-refractivity contribution in [1.29, 1.82) is 0 Å². The van der Waals surface area contributed by atoms with Crippen molar-refractivity contribution in [3.05, 3.63) is 16.8 Å². The van der Waals surface area contributed by atoms with Crippen LogP contribution in [0.15, 0.2) is 11.4 Å². The van der Waals surface area contributed by atoms with Gasteiger partial charge in [0.25, 0.3) is 0 Å².